The summed E-state index contributed by atoms with van der Waals surface area (Å²) in [5, 5.41) is 0. The summed E-state index contributed by atoms with van der Waals surface area (Å²) in [6.45, 7) is 0.795. The third kappa shape index (κ3) is 1.77. The summed E-state index contributed by atoms with van der Waals surface area (Å²) in [6.07, 6.45) is 2.80. The molecule has 3 heterocycles. The van der Waals surface area contributed by atoms with Crippen LogP contribution in [0.2, 0.25) is 0 Å². The van der Waals surface area contributed by atoms with Gasteiger partial charge in [-0.05, 0) is 18.6 Å². The Morgan fingerprint density at radius 1 is 1.14 bits per heavy atom. The minimum atomic E-state index is -0.635. The highest BCUT2D eigenvalue weighted by Gasteiger charge is 2.20. The molecular weight excluding hydrogens is 276 g/mol. The molecule has 7 heteroatoms. The Labute approximate surface area is 118 Å². The van der Waals surface area contributed by atoms with Crippen molar-refractivity contribution in [1.29, 1.82) is 0 Å². The second-order valence-corrected chi connectivity index (χ2v) is 5.03. The van der Waals surface area contributed by atoms with Gasteiger partial charge in [0.15, 0.2) is 11.6 Å². The number of aromatic nitrogens is 4. The van der Waals surface area contributed by atoms with Gasteiger partial charge in [-0.2, -0.15) is 0 Å². The van der Waals surface area contributed by atoms with E-state index in [0.29, 0.717) is 16.6 Å². The van der Waals surface area contributed by atoms with Gasteiger partial charge in [-0.15, -0.1) is 0 Å². The zero-order valence-corrected chi connectivity index (χ0v) is 11.0. The van der Waals surface area contributed by atoms with Crippen molar-refractivity contribution in [2.75, 3.05) is 5.73 Å². The number of rotatable bonds is 1. The number of nitrogen functional groups attached to an aromatic ring is 1. The van der Waals surface area contributed by atoms with Crippen molar-refractivity contribution in [3.8, 4) is 11.3 Å². The highest BCUT2D eigenvalue weighted by atomic mass is 19.1. The molecule has 0 spiro atoms. The lowest BCUT2D eigenvalue weighted by atomic mass is 10.1. The van der Waals surface area contributed by atoms with Crippen LogP contribution in [0.4, 0.5) is 14.7 Å². The standard InChI is InChI=1S/C14H11F2N5/c15-8-4-7(12-9(16)6-18-14(17)20-12)5-10-13(8)19-11-2-1-3-21(10)11/h4-6H,1-3H2,(H2,17,18,20). The maximum Gasteiger partial charge on any atom is 0.220 e. The number of anilines is 1. The first-order valence-electron chi connectivity index (χ1n) is 6.60. The fourth-order valence-corrected chi connectivity index (χ4v) is 2.79. The number of hydrogen-bond acceptors (Lipinski definition) is 4. The van der Waals surface area contributed by atoms with E-state index in [9.17, 15) is 8.78 Å². The molecule has 0 radical (unpaired) electrons. The van der Waals surface area contributed by atoms with Gasteiger partial charge in [-0.3, -0.25) is 0 Å². The van der Waals surface area contributed by atoms with Gasteiger partial charge in [0.25, 0.3) is 0 Å². The number of hydrogen-bond donors (Lipinski definition) is 1. The van der Waals surface area contributed by atoms with Crippen molar-refractivity contribution >= 4 is 17.0 Å². The Bertz CT molecular complexity index is 871. The normalized spacial score (nSPS) is 13.8. The average molecular weight is 287 g/mol. The van der Waals surface area contributed by atoms with E-state index < -0.39 is 11.6 Å². The van der Waals surface area contributed by atoms with Crippen molar-refractivity contribution in [3.63, 3.8) is 0 Å². The molecule has 0 unspecified atom stereocenters. The number of aryl methyl sites for hydroxylation is 2. The van der Waals surface area contributed by atoms with Gasteiger partial charge >= 0.3 is 0 Å². The number of halogens is 2. The highest BCUT2D eigenvalue weighted by molar-refractivity contribution is 5.83. The molecule has 0 bridgehead atoms. The van der Waals surface area contributed by atoms with E-state index in [-0.39, 0.29) is 11.6 Å². The van der Waals surface area contributed by atoms with Gasteiger partial charge in [0, 0.05) is 18.5 Å². The molecule has 1 aromatic carbocycles. The molecule has 2 aromatic heterocycles. The van der Waals surface area contributed by atoms with Crippen LogP contribution in [0, 0.1) is 11.6 Å². The zero-order chi connectivity index (χ0) is 14.6. The lowest BCUT2D eigenvalue weighted by Crippen LogP contribution is -2.00. The third-order valence-corrected chi connectivity index (χ3v) is 3.70. The van der Waals surface area contributed by atoms with Gasteiger partial charge in [0.05, 0.1) is 11.7 Å². The first-order valence-corrected chi connectivity index (χ1v) is 6.60. The van der Waals surface area contributed by atoms with Crippen LogP contribution in [0.5, 0.6) is 0 Å². The molecule has 2 N–H and O–H groups in total. The predicted molar refractivity (Wildman–Crippen MR) is 73.4 cm³/mol. The van der Waals surface area contributed by atoms with Crippen LogP contribution in [0.3, 0.4) is 0 Å². The molecule has 0 amide bonds. The fraction of sp³-hybridized carbons (Fsp3) is 0.214. The molecule has 0 aliphatic carbocycles. The third-order valence-electron chi connectivity index (χ3n) is 3.70. The Morgan fingerprint density at radius 3 is 2.86 bits per heavy atom. The number of imidazole rings is 1. The number of nitrogens with two attached hydrogens (primary N) is 1. The van der Waals surface area contributed by atoms with Crippen LogP contribution in [-0.4, -0.2) is 19.5 Å². The SMILES string of the molecule is Nc1ncc(F)c(-c2cc(F)c3nc4n(c3c2)CCC4)n1. The van der Waals surface area contributed by atoms with Gasteiger partial charge < -0.3 is 10.3 Å². The Morgan fingerprint density at radius 2 is 2.00 bits per heavy atom. The van der Waals surface area contributed by atoms with E-state index >= 15 is 0 Å². The Hall–Kier alpha value is -2.57. The van der Waals surface area contributed by atoms with Crippen LogP contribution < -0.4 is 5.73 Å². The summed E-state index contributed by atoms with van der Waals surface area (Å²) in [5.74, 6) is -0.306. The molecule has 4 rings (SSSR count). The van der Waals surface area contributed by atoms with Crippen LogP contribution in [0.15, 0.2) is 18.3 Å². The van der Waals surface area contributed by atoms with Crippen molar-refractivity contribution in [3.05, 3.63) is 35.8 Å². The fourth-order valence-electron chi connectivity index (χ4n) is 2.79. The number of nitrogens with zero attached hydrogens (tertiary/aromatic N) is 4. The highest BCUT2D eigenvalue weighted by Crippen LogP contribution is 2.30. The maximum absolute atomic E-state index is 14.2. The monoisotopic (exact) mass is 287 g/mol. The summed E-state index contributed by atoms with van der Waals surface area (Å²) >= 11 is 0. The van der Waals surface area contributed by atoms with Crippen LogP contribution in [0.25, 0.3) is 22.3 Å². The smallest absolute Gasteiger partial charge is 0.220 e. The van der Waals surface area contributed by atoms with Crippen molar-refractivity contribution in [1.82, 2.24) is 19.5 Å². The van der Waals surface area contributed by atoms with E-state index in [4.69, 9.17) is 5.73 Å². The summed E-state index contributed by atoms with van der Waals surface area (Å²) in [6, 6.07) is 2.93. The molecule has 3 aromatic rings. The van der Waals surface area contributed by atoms with Gasteiger partial charge in [-0.25, -0.2) is 23.7 Å². The zero-order valence-electron chi connectivity index (χ0n) is 11.0. The lowest BCUT2D eigenvalue weighted by Gasteiger charge is -2.05. The molecule has 5 nitrogen and oxygen atoms in total. The Balaban J connectivity index is 2.00. The number of fused-ring (bicyclic) bond motifs is 3. The summed E-state index contributed by atoms with van der Waals surface area (Å²) in [7, 11) is 0. The van der Waals surface area contributed by atoms with E-state index in [0.717, 1.165) is 31.4 Å². The van der Waals surface area contributed by atoms with Crippen LogP contribution in [0.1, 0.15) is 12.2 Å². The van der Waals surface area contributed by atoms with E-state index in [1.807, 2.05) is 4.57 Å². The van der Waals surface area contributed by atoms with E-state index in [2.05, 4.69) is 15.0 Å². The molecule has 106 valence electrons. The minimum absolute atomic E-state index is 0.00292. The van der Waals surface area contributed by atoms with Crippen molar-refractivity contribution in [2.24, 2.45) is 0 Å². The Kier molecular flexibility index (Phi) is 2.44. The molecule has 21 heavy (non-hydrogen) atoms. The summed E-state index contributed by atoms with van der Waals surface area (Å²) < 4.78 is 30.1. The topological polar surface area (TPSA) is 69.6 Å². The van der Waals surface area contributed by atoms with Crippen LogP contribution >= 0.6 is 0 Å². The first-order chi connectivity index (χ1) is 10.1. The lowest BCUT2D eigenvalue weighted by molar-refractivity contribution is 0.617. The molecule has 1 aliphatic heterocycles. The number of benzene rings is 1. The molecule has 0 atom stereocenters. The molecule has 0 fully saturated rings. The van der Waals surface area contributed by atoms with Crippen molar-refractivity contribution in [2.45, 2.75) is 19.4 Å². The molecule has 0 saturated carbocycles. The predicted octanol–water partition coefficient (Wildman–Crippen LogP) is 2.30. The van der Waals surface area contributed by atoms with E-state index in [1.165, 1.54) is 6.07 Å². The first kappa shape index (κ1) is 12.2. The second kappa shape index (κ2) is 4.21. The van der Waals surface area contributed by atoms with E-state index in [1.54, 1.807) is 6.07 Å². The molecule has 1 aliphatic rings. The van der Waals surface area contributed by atoms with Gasteiger partial charge in [0.1, 0.15) is 17.0 Å². The van der Waals surface area contributed by atoms with Crippen LogP contribution in [-0.2, 0) is 13.0 Å². The quantitative estimate of drug-likeness (QED) is 0.745. The molecular formula is C14H11F2N5. The second-order valence-electron chi connectivity index (χ2n) is 5.03. The summed E-state index contributed by atoms with van der Waals surface area (Å²) in [5.41, 5.74) is 6.79. The largest absolute Gasteiger partial charge is 0.368 e. The van der Waals surface area contributed by atoms with Crippen molar-refractivity contribution < 1.29 is 8.78 Å². The van der Waals surface area contributed by atoms with Gasteiger partial charge in [-0.1, -0.05) is 0 Å². The summed E-state index contributed by atoms with van der Waals surface area (Å²) in [4.78, 5) is 11.7. The maximum atomic E-state index is 14.2. The molecule has 0 saturated heterocycles. The van der Waals surface area contributed by atoms with Gasteiger partial charge in [0.2, 0.25) is 5.95 Å². The minimum Gasteiger partial charge on any atom is -0.368 e. The average Bonchev–Trinajstić information content (AvgIpc) is 3.03.